The first kappa shape index (κ1) is 14.3. The van der Waals surface area contributed by atoms with Crippen LogP contribution in [-0.4, -0.2) is 16.0 Å². The average Bonchev–Trinajstić information content (AvgIpc) is 3.07. The molecule has 4 heteroatoms. The fourth-order valence-corrected chi connectivity index (χ4v) is 3.81. The third-order valence-corrected chi connectivity index (χ3v) is 5.20. The number of aromatic nitrogens is 2. The van der Waals surface area contributed by atoms with Crippen LogP contribution in [0.3, 0.4) is 0 Å². The lowest BCUT2D eigenvalue weighted by atomic mass is 10.1. The Hall–Kier alpha value is -2.33. The molecule has 4 aromatic rings. The van der Waals surface area contributed by atoms with Gasteiger partial charge in [-0.3, -0.25) is 4.40 Å². The summed E-state index contributed by atoms with van der Waals surface area (Å²) < 4.78 is 8.95. The van der Waals surface area contributed by atoms with Crippen molar-refractivity contribution >= 4 is 26.5 Å². The van der Waals surface area contributed by atoms with Crippen LogP contribution in [0.5, 0.6) is 5.75 Å². The van der Waals surface area contributed by atoms with Crippen molar-refractivity contribution in [1.29, 1.82) is 0 Å². The van der Waals surface area contributed by atoms with Gasteiger partial charge in [-0.05, 0) is 56.2 Å². The molecule has 0 spiro atoms. The molecule has 0 radical (unpaired) electrons. The summed E-state index contributed by atoms with van der Waals surface area (Å²) in [6.45, 7) is 6.96. The molecule has 116 valence electrons. The molecule has 0 aliphatic carbocycles. The molecule has 0 atom stereocenters. The first-order valence-corrected chi connectivity index (χ1v) is 8.59. The predicted molar refractivity (Wildman–Crippen MR) is 96.7 cm³/mol. The van der Waals surface area contributed by atoms with Crippen molar-refractivity contribution < 1.29 is 4.74 Å². The second-order valence-corrected chi connectivity index (χ2v) is 6.75. The van der Waals surface area contributed by atoms with Crippen molar-refractivity contribution in [1.82, 2.24) is 9.38 Å². The second-order valence-electron chi connectivity index (χ2n) is 5.74. The van der Waals surface area contributed by atoms with Gasteiger partial charge in [0.05, 0.1) is 22.5 Å². The van der Waals surface area contributed by atoms with Crippen molar-refractivity contribution in [3.05, 3.63) is 53.7 Å². The van der Waals surface area contributed by atoms with Crippen LogP contribution in [0.4, 0.5) is 0 Å². The summed E-state index contributed by atoms with van der Waals surface area (Å²) >= 11 is 1.70. The van der Waals surface area contributed by atoms with Crippen molar-refractivity contribution in [3.8, 4) is 17.0 Å². The van der Waals surface area contributed by atoms with E-state index in [1.165, 1.54) is 26.9 Å². The third kappa shape index (κ3) is 2.39. The lowest BCUT2D eigenvalue weighted by molar-refractivity contribution is 0.341. The van der Waals surface area contributed by atoms with E-state index in [4.69, 9.17) is 9.72 Å². The number of imidazole rings is 1. The Kier molecular flexibility index (Phi) is 3.34. The van der Waals surface area contributed by atoms with Gasteiger partial charge in [-0.2, -0.15) is 0 Å². The van der Waals surface area contributed by atoms with Crippen molar-refractivity contribution in [2.75, 3.05) is 6.61 Å². The fourth-order valence-electron chi connectivity index (χ4n) is 2.78. The van der Waals surface area contributed by atoms with E-state index in [1.807, 2.05) is 13.0 Å². The molecule has 23 heavy (non-hydrogen) atoms. The van der Waals surface area contributed by atoms with E-state index in [9.17, 15) is 0 Å². The predicted octanol–water partition coefficient (Wildman–Crippen LogP) is 5.23. The summed E-state index contributed by atoms with van der Waals surface area (Å²) in [4.78, 5) is 5.82. The highest BCUT2D eigenvalue weighted by Crippen LogP contribution is 2.32. The van der Waals surface area contributed by atoms with Crippen molar-refractivity contribution in [2.24, 2.45) is 0 Å². The summed E-state index contributed by atoms with van der Waals surface area (Å²) in [7, 11) is 0. The number of aryl methyl sites for hydroxylation is 2. The van der Waals surface area contributed by atoms with E-state index < -0.39 is 0 Å². The van der Waals surface area contributed by atoms with E-state index in [1.54, 1.807) is 11.3 Å². The Morgan fingerprint density at radius 2 is 1.96 bits per heavy atom. The van der Waals surface area contributed by atoms with Crippen LogP contribution in [0, 0.1) is 13.8 Å². The summed E-state index contributed by atoms with van der Waals surface area (Å²) in [6.07, 6.45) is 2.12. The molecule has 0 aliphatic rings. The molecule has 2 heterocycles. The highest BCUT2D eigenvalue weighted by Gasteiger charge is 2.11. The summed E-state index contributed by atoms with van der Waals surface area (Å²) in [6, 6.07) is 12.7. The minimum Gasteiger partial charge on any atom is -0.494 e. The second kappa shape index (κ2) is 5.39. The number of hydrogen-bond acceptors (Lipinski definition) is 3. The molecule has 2 aromatic carbocycles. The van der Waals surface area contributed by atoms with E-state index in [2.05, 4.69) is 54.8 Å². The number of fused-ring (bicyclic) bond motifs is 3. The van der Waals surface area contributed by atoms with Crippen LogP contribution in [0.2, 0.25) is 0 Å². The average molecular weight is 322 g/mol. The zero-order valence-electron chi connectivity index (χ0n) is 13.5. The highest BCUT2D eigenvalue weighted by molar-refractivity contribution is 7.23. The van der Waals surface area contributed by atoms with E-state index in [0.29, 0.717) is 6.61 Å². The molecule has 2 aromatic heterocycles. The van der Waals surface area contributed by atoms with Gasteiger partial charge in [-0.25, -0.2) is 4.98 Å². The quantitative estimate of drug-likeness (QED) is 0.516. The molecule has 0 N–H and O–H groups in total. The smallest absolute Gasteiger partial charge is 0.195 e. The van der Waals surface area contributed by atoms with Gasteiger partial charge in [0, 0.05) is 11.8 Å². The number of thiazole rings is 1. The van der Waals surface area contributed by atoms with Gasteiger partial charge >= 0.3 is 0 Å². The molecule has 0 saturated carbocycles. The Balaban J connectivity index is 1.83. The van der Waals surface area contributed by atoms with Crippen molar-refractivity contribution in [3.63, 3.8) is 0 Å². The van der Waals surface area contributed by atoms with Gasteiger partial charge in [-0.1, -0.05) is 23.5 Å². The summed E-state index contributed by atoms with van der Waals surface area (Å²) in [5.41, 5.74) is 5.98. The zero-order chi connectivity index (χ0) is 16.0. The third-order valence-electron chi connectivity index (χ3n) is 4.18. The maximum Gasteiger partial charge on any atom is 0.195 e. The van der Waals surface area contributed by atoms with E-state index >= 15 is 0 Å². The first-order valence-electron chi connectivity index (χ1n) is 7.78. The highest BCUT2D eigenvalue weighted by atomic mass is 32.1. The van der Waals surface area contributed by atoms with Crippen LogP contribution < -0.4 is 4.74 Å². The number of benzene rings is 2. The van der Waals surface area contributed by atoms with Crippen LogP contribution in [0.15, 0.2) is 42.6 Å². The van der Waals surface area contributed by atoms with Gasteiger partial charge in [0.25, 0.3) is 0 Å². The van der Waals surface area contributed by atoms with Crippen LogP contribution in [-0.2, 0) is 0 Å². The lowest BCUT2D eigenvalue weighted by Crippen LogP contribution is -1.90. The van der Waals surface area contributed by atoms with Gasteiger partial charge in [0.1, 0.15) is 5.75 Å². The number of rotatable bonds is 3. The normalized spacial score (nSPS) is 11.4. The van der Waals surface area contributed by atoms with Crippen LogP contribution >= 0.6 is 11.3 Å². The van der Waals surface area contributed by atoms with E-state index in [0.717, 1.165) is 16.4 Å². The SMILES string of the molecule is CCOc1ccc2c(c1)sc1nc(-c3ccc(C)c(C)c3)cn12. The van der Waals surface area contributed by atoms with Crippen molar-refractivity contribution in [2.45, 2.75) is 20.8 Å². The topological polar surface area (TPSA) is 26.5 Å². The fraction of sp³-hybridized carbons (Fsp3) is 0.211. The van der Waals surface area contributed by atoms with Gasteiger partial charge in [-0.15, -0.1) is 0 Å². The molecule has 0 amide bonds. The Morgan fingerprint density at radius 3 is 2.74 bits per heavy atom. The number of nitrogens with zero attached hydrogens (tertiary/aromatic N) is 2. The minimum atomic E-state index is 0.685. The van der Waals surface area contributed by atoms with Gasteiger partial charge < -0.3 is 4.74 Å². The maximum atomic E-state index is 5.58. The molecule has 0 bridgehead atoms. The zero-order valence-corrected chi connectivity index (χ0v) is 14.3. The minimum absolute atomic E-state index is 0.685. The lowest BCUT2D eigenvalue weighted by Gasteiger charge is -2.03. The Bertz CT molecular complexity index is 1010. The number of hydrogen-bond donors (Lipinski definition) is 0. The van der Waals surface area contributed by atoms with Crippen LogP contribution in [0.25, 0.3) is 26.4 Å². The monoisotopic (exact) mass is 322 g/mol. The maximum absolute atomic E-state index is 5.58. The summed E-state index contributed by atoms with van der Waals surface area (Å²) in [5.74, 6) is 0.916. The van der Waals surface area contributed by atoms with Gasteiger partial charge in [0.15, 0.2) is 4.96 Å². The number of ether oxygens (including phenoxy) is 1. The molecule has 0 aliphatic heterocycles. The molecule has 4 rings (SSSR count). The summed E-state index contributed by atoms with van der Waals surface area (Å²) in [5, 5.41) is 0. The first-order chi connectivity index (χ1) is 11.2. The van der Waals surface area contributed by atoms with E-state index in [-0.39, 0.29) is 0 Å². The Morgan fingerprint density at radius 1 is 1.09 bits per heavy atom. The largest absolute Gasteiger partial charge is 0.494 e. The Labute approximate surface area is 139 Å². The molecule has 0 unspecified atom stereocenters. The molecule has 0 fully saturated rings. The molecular formula is C19H18N2OS. The van der Waals surface area contributed by atoms with Gasteiger partial charge in [0.2, 0.25) is 0 Å². The molecule has 3 nitrogen and oxygen atoms in total. The van der Waals surface area contributed by atoms with Crippen LogP contribution in [0.1, 0.15) is 18.1 Å². The standard InChI is InChI=1S/C19H18N2OS/c1-4-22-15-7-8-17-18(10-15)23-19-20-16(11-21(17)19)14-6-5-12(2)13(3)9-14/h5-11H,4H2,1-3H3. The molecular weight excluding hydrogens is 304 g/mol. The molecule has 0 saturated heterocycles.